The summed E-state index contributed by atoms with van der Waals surface area (Å²) in [7, 11) is 0. The Balaban J connectivity index is 0.930. The minimum atomic E-state index is 0.835. The van der Waals surface area contributed by atoms with E-state index in [2.05, 4.69) is 209 Å². The molecule has 5 heterocycles. The van der Waals surface area contributed by atoms with Crippen molar-refractivity contribution in [2.45, 2.75) is 0 Å². The van der Waals surface area contributed by atoms with Gasteiger partial charge in [-0.05, 0) is 114 Å². The molecule has 0 bridgehead atoms. The van der Waals surface area contributed by atoms with Crippen LogP contribution in [0.5, 0.6) is 5.75 Å². The van der Waals surface area contributed by atoms with Crippen LogP contribution in [0, 0.1) is 0 Å². The fourth-order valence-electron chi connectivity index (χ4n) is 10.0. The predicted molar refractivity (Wildman–Crippen MR) is 277 cm³/mol. The van der Waals surface area contributed by atoms with Crippen molar-refractivity contribution in [3.8, 4) is 28.3 Å². The second-order valence-electron chi connectivity index (χ2n) is 16.7. The molecule has 8 aromatic carbocycles. The van der Waals surface area contributed by atoms with Gasteiger partial charge in [-0.2, -0.15) is 0 Å². The first kappa shape index (κ1) is 37.2. The Morgan fingerprint density at radius 3 is 1.94 bits per heavy atom. The van der Waals surface area contributed by atoms with Crippen molar-refractivity contribution in [2.24, 2.45) is 0 Å². The molecule has 3 aromatic heterocycles. The van der Waals surface area contributed by atoms with Gasteiger partial charge in [0, 0.05) is 76.6 Å². The van der Waals surface area contributed by atoms with Gasteiger partial charge in [-0.3, -0.25) is 0 Å². The van der Waals surface area contributed by atoms with E-state index >= 15 is 0 Å². The molecular weight excluding hydrogens is 811 g/mol. The molecule has 0 saturated carbocycles. The molecule has 0 unspecified atom stereocenters. The van der Waals surface area contributed by atoms with Crippen LogP contribution in [0.3, 0.4) is 0 Å². The van der Waals surface area contributed by atoms with E-state index in [-0.39, 0.29) is 0 Å². The lowest BCUT2D eigenvalue weighted by Crippen LogP contribution is -2.18. The number of benzene rings is 8. The average molecular weight is 850 g/mol. The van der Waals surface area contributed by atoms with Crippen molar-refractivity contribution in [3.05, 3.63) is 242 Å². The van der Waals surface area contributed by atoms with Gasteiger partial charge < -0.3 is 18.8 Å². The highest BCUT2D eigenvalue weighted by Crippen LogP contribution is 2.47. The molecule has 2 aliphatic rings. The third-order valence-corrected chi connectivity index (χ3v) is 14.2. The van der Waals surface area contributed by atoms with Crippen molar-refractivity contribution < 1.29 is 4.74 Å². The molecule has 2 aliphatic heterocycles. The van der Waals surface area contributed by atoms with Crippen molar-refractivity contribution in [1.29, 1.82) is 0 Å². The Morgan fingerprint density at radius 2 is 1.22 bits per heavy atom. The first-order valence-electron chi connectivity index (χ1n) is 21.9. The van der Waals surface area contributed by atoms with Gasteiger partial charge in [0.1, 0.15) is 11.5 Å². The lowest BCUT2D eigenvalue weighted by atomic mass is 9.98. The normalized spacial score (nSPS) is 15.3. The summed E-state index contributed by atoms with van der Waals surface area (Å²) in [5, 5.41) is 7.39. The van der Waals surface area contributed by atoms with Gasteiger partial charge in [0.15, 0.2) is 0 Å². The summed E-state index contributed by atoms with van der Waals surface area (Å²) in [5.41, 5.74) is 14.6. The molecule has 0 N–H and O–H groups in total. The third kappa shape index (κ3) is 5.76. The number of hydrogen-bond acceptors (Lipinski definition) is 3. The van der Waals surface area contributed by atoms with Crippen LogP contribution in [0.2, 0.25) is 0 Å². The zero-order valence-electron chi connectivity index (χ0n) is 35.3. The molecule has 0 amide bonds. The van der Waals surface area contributed by atoms with E-state index in [9.17, 15) is 0 Å². The van der Waals surface area contributed by atoms with Gasteiger partial charge in [0.05, 0.1) is 33.3 Å². The Kier molecular flexibility index (Phi) is 8.35. The second kappa shape index (κ2) is 14.6. The second-order valence-corrected chi connectivity index (χ2v) is 17.7. The minimum absolute atomic E-state index is 0.835. The maximum Gasteiger partial charge on any atom is 0.140 e. The van der Waals surface area contributed by atoms with Crippen LogP contribution < -0.4 is 9.64 Å². The molecule has 0 radical (unpaired) electrons. The highest BCUT2D eigenvalue weighted by atomic mass is 32.1. The van der Waals surface area contributed by atoms with Crippen LogP contribution in [-0.4, -0.2) is 9.13 Å². The number of rotatable bonds is 6. The molecule has 0 aliphatic carbocycles. The van der Waals surface area contributed by atoms with Gasteiger partial charge in [-0.25, -0.2) is 0 Å². The molecule has 306 valence electrons. The van der Waals surface area contributed by atoms with Gasteiger partial charge >= 0.3 is 0 Å². The number of para-hydroxylation sites is 4. The van der Waals surface area contributed by atoms with Crippen molar-refractivity contribution in [3.63, 3.8) is 0 Å². The summed E-state index contributed by atoms with van der Waals surface area (Å²) in [4.78, 5) is 2.21. The van der Waals surface area contributed by atoms with Crippen LogP contribution in [0.1, 0.15) is 11.1 Å². The largest absolute Gasteiger partial charge is 0.456 e. The molecule has 13 rings (SSSR count). The van der Waals surface area contributed by atoms with E-state index in [1.165, 1.54) is 74.9 Å². The highest BCUT2D eigenvalue weighted by molar-refractivity contribution is 7.26. The monoisotopic (exact) mass is 849 g/mol. The summed E-state index contributed by atoms with van der Waals surface area (Å²) < 4.78 is 13.3. The van der Waals surface area contributed by atoms with Crippen LogP contribution in [0.4, 0.5) is 5.69 Å². The van der Waals surface area contributed by atoms with Gasteiger partial charge in [0.25, 0.3) is 0 Å². The summed E-state index contributed by atoms with van der Waals surface area (Å²) in [5.74, 6) is 1.73. The van der Waals surface area contributed by atoms with Crippen molar-refractivity contribution >= 4 is 92.1 Å². The first-order chi connectivity index (χ1) is 32.1. The summed E-state index contributed by atoms with van der Waals surface area (Å²) in [6.45, 7) is 8.67. The molecular formula is C60H39N3OS. The van der Waals surface area contributed by atoms with Crippen LogP contribution in [0.25, 0.3) is 97.6 Å². The number of aromatic nitrogens is 2. The van der Waals surface area contributed by atoms with Gasteiger partial charge in [-0.1, -0.05) is 116 Å². The minimum Gasteiger partial charge on any atom is -0.456 e. The van der Waals surface area contributed by atoms with Crippen LogP contribution >= 0.6 is 11.3 Å². The Hall–Kier alpha value is -8.38. The zero-order valence-corrected chi connectivity index (χ0v) is 36.1. The number of hydrogen-bond donors (Lipinski definition) is 0. The molecule has 65 heavy (non-hydrogen) atoms. The van der Waals surface area contributed by atoms with E-state index in [1.54, 1.807) is 0 Å². The number of thiophene rings is 1. The molecule has 0 fully saturated rings. The van der Waals surface area contributed by atoms with E-state index < -0.39 is 0 Å². The standard InChI is InChI=1S/C60H39N3OS/c1-3-15-42(37-57-47-21-9-12-24-56(47)64-57)61-33-14-13-16-38(2)59-55(61)31-28-46-50-36-43(27-32-58(50)65-60(46)59)63-52-23-11-8-20-45(52)49-35-40(26-30-54(49)63)39-25-29-53-48(34-39)44-19-7-10-22-51(44)62(53)41-17-5-4-6-18-41/h3-37H,1-2H2/b16-13-,33-14-,42-15+,57-37-. The maximum absolute atomic E-state index is 6.09. The predicted octanol–water partition coefficient (Wildman–Crippen LogP) is 16.3. The van der Waals surface area contributed by atoms with Crippen LogP contribution in [-0.2, 0) is 0 Å². The van der Waals surface area contributed by atoms with E-state index in [1.807, 2.05) is 41.7 Å². The van der Waals surface area contributed by atoms with E-state index in [0.29, 0.717) is 0 Å². The fourth-order valence-corrected chi connectivity index (χ4v) is 11.3. The zero-order chi connectivity index (χ0) is 43.2. The lowest BCUT2D eigenvalue weighted by molar-refractivity contribution is 0.465. The molecule has 0 saturated heterocycles. The summed E-state index contributed by atoms with van der Waals surface area (Å²) >= 11 is 1.82. The number of nitrogens with zero attached hydrogens (tertiary/aromatic N) is 3. The maximum atomic E-state index is 6.09. The molecule has 0 atom stereocenters. The van der Waals surface area contributed by atoms with E-state index in [4.69, 9.17) is 4.74 Å². The van der Waals surface area contributed by atoms with Crippen molar-refractivity contribution in [2.75, 3.05) is 4.90 Å². The number of fused-ring (bicyclic) bond motifs is 12. The highest BCUT2D eigenvalue weighted by Gasteiger charge is 2.25. The Labute approximate surface area is 379 Å². The number of anilines is 1. The van der Waals surface area contributed by atoms with Crippen LogP contribution in [0.15, 0.2) is 231 Å². The average Bonchev–Trinajstić information content (AvgIpc) is 3.99. The van der Waals surface area contributed by atoms with Gasteiger partial charge in [0.2, 0.25) is 0 Å². The third-order valence-electron chi connectivity index (χ3n) is 13.0. The SMILES string of the molecule is C=C/C=C(\C=C1/Oc2ccccc21)N1/C=C\C=C/C(=C)c2c1ccc1c2sc2ccc(-n3c4ccccc4c4cc(-c5ccc6c(c5)c5ccccc5n6-c5ccccc5)ccc43)cc21. The Morgan fingerprint density at radius 1 is 0.554 bits per heavy atom. The molecule has 4 nitrogen and oxygen atoms in total. The quantitative estimate of drug-likeness (QED) is 0.156. The Bertz CT molecular complexity index is 3960. The number of allylic oxidation sites excluding steroid dienone is 7. The fraction of sp³-hybridized carbons (Fsp3) is 0. The van der Waals surface area contributed by atoms with E-state index in [0.717, 1.165) is 51.0 Å². The van der Waals surface area contributed by atoms with Crippen molar-refractivity contribution in [1.82, 2.24) is 9.13 Å². The summed E-state index contributed by atoms with van der Waals surface area (Å²) in [6, 6.07) is 61.6. The topological polar surface area (TPSA) is 22.3 Å². The lowest BCUT2D eigenvalue weighted by Gasteiger charge is -2.29. The molecule has 5 heteroatoms. The molecule has 11 aromatic rings. The smallest absolute Gasteiger partial charge is 0.140 e. The van der Waals surface area contributed by atoms with Gasteiger partial charge in [-0.15, -0.1) is 11.3 Å². The first-order valence-corrected chi connectivity index (χ1v) is 22.7. The molecule has 0 spiro atoms. The number of ether oxygens (including phenoxy) is 1. The summed E-state index contributed by atoms with van der Waals surface area (Å²) in [6.07, 6.45) is 14.3.